The zero-order valence-electron chi connectivity index (χ0n) is 16.3. The summed E-state index contributed by atoms with van der Waals surface area (Å²) < 4.78 is 0. The molecule has 0 radical (unpaired) electrons. The van der Waals surface area contributed by atoms with Gasteiger partial charge < -0.3 is 0 Å². The van der Waals surface area contributed by atoms with Crippen molar-refractivity contribution < 1.29 is 4.79 Å². The molecular formula is C23H26N2OS. The molecule has 0 aliphatic heterocycles. The van der Waals surface area contributed by atoms with Gasteiger partial charge in [0.1, 0.15) is 0 Å². The Hall–Kier alpha value is -2.46. The predicted octanol–water partition coefficient (Wildman–Crippen LogP) is 6.38. The van der Waals surface area contributed by atoms with Crippen LogP contribution in [0.4, 0.5) is 5.13 Å². The van der Waals surface area contributed by atoms with Crippen LogP contribution in [0, 0.1) is 5.92 Å². The Morgan fingerprint density at radius 2 is 1.67 bits per heavy atom. The summed E-state index contributed by atoms with van der Waals surface area (Å²) in [5.74, 6) is 0.973. The summed E-state index contributed by atoms with van der Waals surface area (Å²) in [5, 5.41) is 5.50. The van der Waals surface area contributed by atoms with Crippen molar-refractivity contribution in [3.05, 3.63) is 70.6 Å². The number of thiazole rings is 1. The molecule has 0 fully saturated rings. The normalized spacial score (nSPS) is 11.2. The Kier molecular flexibility index (Phi) is 6.07. The predicted molar refractivity (Wildman–Crippen MR) is 115 cm³/mol. The minimum Gasteiger partial charge on any atom is -0.298 e. The summed E-state index contributed by atoms with van der Waals surface area (Å²) in [5.41, 5.74) is 5.17. The number of nitrogens with one attached hydrogen (secondary N) is 1. The number of hydrogen-bond acceptors (Lipinski definition) is 3. The smallest absolute Gasteiger partial charge is 0.257 e. The van der Waals surface area contributed by atoms with Crippen LogP contribution < -0.4 is 5.32 Å². The van der Waals surface area contributed by atoms with E-state index in [2.05, 4.69) is 62.3 Å². The van der Waals surface area contributed by atoms with Crippen LogP contribution in [0.2, 0.25) is 0 Å². The third kappa shape index (κ3) is 5.04. The fourth-order valence-electron chi connectivity index (χ4n) is 2.94. The molecular weight excluding hydrogens is 352 g/mol. The number of nitrogens with zero attached hydrogens (tertiary/aromatic N) is 1. The van der Waals surface area contributed by atoms with Crippen LogP contribution in [-0.2, 0) is 6.42 Å². The number of rotatable bonds is 6. The van der Waals surface area contributed by atoms with Gasteiger partial charge >= 0.3 is 0 Å². The Morgan fingerprint density at radius 1 is 1.00 bits per heavy atom. The topological polar surface area (TPSA) is 42.0 Å². The van der Waals surface area contributed by atoms with E-state index < -0.39 is 0 Å². The lowest BCUT2D eigenvalue weighted by Crippen LogP contribution is -2.11. The molecule has 1 amide bonds. The van der Waals surface area contributed by atoms with Crippen molar-refractivity contribution in [2.24, 2.45) is 5.92 Å². The van der Waals surface area contributed by atoms with Gasteiger partial charge in [-0.2, -0.15) is 0 Å². The maximum absolute atomic E-state index is 12.4. The summed E-state index contributed by atoms with van der Waals surface area (Å²) in [6.45, 7) is 8.72. The molecule has 1 N–H and O–H groups in total. The standard InChI is InChI=1S/C23H26N2OS/c1-15(2)13-17-5-7-19(8-6-17)21-14-27-23(24-21)25-22(26)20-11-9-18(10-12-20)16(3)4/h5-12,14-16H,13H2,1-4H3,(H,24,25,26). The molecule has 3 rings (SSSR count). The minimum atomic E-state index is -0.126. The van der Waals surface area contributed by atoms with E-state index in [-0.39, 0.29) is 5.91 Å². The number of aromatic nitrogens is 1. The first kappa shape index (κ1) is 19.3. The number of anilines is 1. The van der Waals surface area contributed by atoms with Crippen LogP contribution in [0.1, 0.15) is 55.1 Å². The molecule has 3 aromatic rings. The van der Waals surface area contributed by atoms with Crippen molar-refractivity contribution in [3.8, 4) is 11.3 Å². The quantitative estimate of drug-likeness (QED) is 0.540. The Labute approximate surface area is 165 Å². The second-order valence-electron chi connectivity index (χ2n) is 7.56. The first-order valence-corrected chi connectivity index (χ1v) is 10.3. The van der Waals surface area contributed by atoms with Gasteiger partial charge in [-0.05, 0) is 41.5 Å². The molecule has 2 aromatic carbocycles. The molecule has 4 heteroatoms. The lowest BCUT2D eigenvalue weighted by atomic mass is 10.0. The van der Waals surface area contributed by atoms with Crippen molar-refractivity contribution in [2.45, 2.75) is 40.0 Å². The van der Waals surface area contributed by atoms with Crippen LogP contribution in [0.15, 0.2) is 53.9 Å². The van der Waals surface area contributed by atoms with Crippen LogP contribution in [0.25, 0.3) is 11.3 Å². The maximum Gasteiger partial charge on any atom is 0.257 e. The first-order chi connectivity index (χ1) is 12.9. The monoisotopic (exact) mass is 378 g/mol. The van der Waals surface area contributed by atoms with Gasteiger partial charge in [-0.25, -0.2) is 4.98 Å². The van der Waals surface area contributed by atoms with Gasteiger partial charge in [-0.15, -0.1) is 11.3 Å². The Balaban J connectivity index is 1.67. The maximum atomic E-state index is 12.4. The zero-order valence-corrected chi connectivity index (χ0v) is 17.1. The number of carbonyl (C=O) groups excluding carboxylic acids is 1. The van der Waals surface area contributed by atoms with Crippen molar-refractivity contribution in [1.82, 2.24) is 4.98 Å². The van der Waals surface area contributed by atoms with Gasteiger partial charge in [0, 0.05) is 16.5 Å². The average Bonchev–Trinajstić information content (AvgIpc) is 3.10. The molecule has 0 aliphatic rings. The summed E-state index contributed by atoms with van der Waals surface area (Å²) in [6.07, 6.45) is 1.08. The molecule has 0 aliphatic carbocycles. The van der Waals surface area contributed by atoms with E-state index in [1.54, 1.807) is 0 Å². The van der Waals surface area contributed by atoms with E-state index in [9.17, 15) is 4.79 Å². The van der Waals surface area contributed by atoms with Crippen LogP contribution >= 0.6 is 11.3 Å². The van der Waals surface area contributed by atoms with Crippen LogP contribution in [-0.4, -0.2) is 10.9 Å². The fraction of sp³-hybridized carbons (Fsp3) is 0.304. The number of hydrogen-bond donors (Lipinski definition) is 1. The molecule has 140 valence electrons. The molecule has 3 nitrogen and oxygen atoms in total. The van der Waals surface area contributed by atoms with Gasteiger partial charge in [-0.3, -0.25) is 10.1 Å². The molecule has 27 heavy (non-hydrogen) atoms. The van der Waals surface area contributed by atoms with E-state index in [0.717, 1.165) is 17.7 Å². The molecule has 0 saturated heterocycles. The lowest BCUT2D eigenvalue weighted by Gasteiger charge is -2.06. The second-order valence-corrected chi connectivity index (χ2v) is 8.42. The van der Waals surface area contributed by atoms with E-state index in [4.69, 9.17) is 0 Å². The molecule has 0 unspecified atom stereocenters. The van der Waals surface area contributed by atoms with E-state index in [0.29, 0.717) is 22.5 Å². The minimum absolute atomic E-state index is 0.126. The summed E-state index contributed by atoms with van der Waals surface area (Å²) in [7, 11) is 0. The highest BCUT2D eigenvalue weighted by Crippen LogP contribution is 2.26. The highest BCUT2D eigenvalue weighted by atomic mass is 32.1. The molecule has 0 spiro atoms. The van der Waals surface area contributed by atoms with E-state index in [1.807, 2.05) is 29.6 Å². The average molecular weight is 379 g/mol. The van der Waals surface area contributed by atoms with E-state index >= 15 is 0 Å². The second kappa shape index (κ2) is 8.49. The van der Waals surface area contributed by atoms with Crippen LogP contribution in [0.3, 0.4) is 0 Å². The van der Waals surface area contributed by atoms with Gasteiger partial charge in [0.25, 0.3) is 5.91 Å². The Bertz CT molecular complexity index is 893. The third-order valence-corrected chi connectivity index (χ3v) is 5.22. The van der Waals surface area contributed by atoms with Gasteiger partial charge in [-0.1, -0.05) is 64.1 Å². The first-order valence-electron chi connectivity index (χ1n) is 9.38. The van der Waals surface area contributed by atoms with Crippen molar-refractivity contribution >= 4 is 22.4 Å². The number of amides is 1. The van der Waals surface area contributed by atoms with Crippen molar-refractivity contribution in [2.75, 3.05) is 5.32 Å². The highest BCUT2D eigenvalue weighted by molar-refractivity contribution is 7.14. The highest BCUT2D eigenvalue weighted by Gasteiger charge is 2.11. The lowest BCUT2D eigenvalue weighted by molar-refractivity contribution is 0.102. The summed E-state index contributed by atoms with van der Waals surface area (Å²) >= 11 is 1.45. The summed E-state index contributed by atoms with van der Waals surface area (Å²) in [6, 6.07) is 16.3. The van der Waals surface area contributed by atoms with Crippen molar-refractivity contribution in [1.29, 1.82) is 0 Å². The SMILES string of the molecule is CC(C)Cc1ccc(-c2csc(NC(=O)c3ccc(C(C)C)cc3)n2)cc1. The molecule has 0 atom stereocenters. The number of benzene rings is 2. The van der Waals surface area contributed by atoms with Gasteiger partial charge in [0.15, 0.2) is 5.13 Å². The summed E-state index contributed by atoms with van der Waals surface area (Å²) in [4.78, 5) is 17.0. The molecule has 1 aromatic heterocycles. The molecule has 0 bridgehead atoms. The van der Waals surface area contributed by atoms with Crippen LogP contribution in [0.5, 0.6) is 0 Å². The van der Waals surface area contributed by atoms with Gasteiger partial charge in [0.05, 0.1) is 5.69 Å². The van der Waals surface area contributed by atoms with Gasteiger partial charge in [0.2, 0.25) is 0 Å². The molecule has 0 saturated carbocycles. The largest absolute Gasteiger partial charge is 0.298 e. The Morgan fingerprint density at radius 3 is 2.26 bits per heavy atom. The van der Waals surface area contributed by atoms with E-state index in [1.165, 1.54) is 22.5 Å². The zero-order chi connectivity index (χ0) is 19.4. The fourth-order valence-corrected chi connectivity index (χ4v) is 3.65. The third-order valence-electron chi connectivity index (χ3n) is 4.46. The molecule has 1 heterocycles. The number of carbonyl (C=O) groups is 1. The van der Waals surface area contributed by atoms with Crippen molar-refractivity contribution in [3.63, 3.8) is 0 Å².